The van der Waals surface area contributed by atoms with Crippen LogP contribution in [0.2, 0.25) is 0 Å². The lowest BCUT2D eigenvalue weighted by molar-refractivity contribution is -0.141. The number of hydrogen-bond donors (Lipinski definition) is 2. The van der Waals surface area contributed by atoms with E-state index < -0.39 is 0 Å². The number of H-pyrrole nitrogens is 1. The molecule has 17 heavy (non-hydrogen) atoms. The highest BCUT2D eigenvalue weighted by Gasteiger charge is 2.24. The maximum atomic E-state index is 11.3. The lowest BCUT2D eigenvalue weighted by Gasteiger charge is -2.16. The van der Waals surface area contributed by atoms with Crippen molar-refractivity contribution in [2.75, 3.05) is 13.7 Å². The molecule has 94 valence electrons. The van der Waals surface area contributed by atoms with Crippen LogP contribution in [0.3, 0.4) is 0 Å². The summed E-state index contributed by atoms with van der Waals surface area (Å²) < 4.78 is 4.69. The molecule has 0 saturated carbocycles. The van der Waals surface area contributed by atoms with Crippen molar-refractivity contribution in [2.24, 2.45) is 5.73 Å². The highest BCUT2D eigenvalue weighted by atomic mass is 16.5. The van der Waals surface area contributed by atoms with Gasteiger partial charge in [-0.1, -0.05) is 0 Å². The highest BCUT2D eigenvalue weighted by Crippen LogP contribution is 2.28. The second kappa shape index (κ2) is 5.31. The summed E-state index contributed by atoms with van der Waals surface area (Å²) in [5, 5.41) is 7.42. The van der Waals surface area contributed by atoms with Gasteiger partial charge in [-0.3, -0.25) is 9.89 Å². The summed E-state index contributed by atoms with van der Waals surface area (Å²) in [6.07, 6.45) is 4.80. The van der Waals surface area contributed by atoms with Crippen LogP contribution in [0.25, 0.3) is 0 Å². The predicted octanol–water partition coefficient (Wildman–Crippen LogP) is 0.894. The average molecular weight is 237 g/mol. The number of hydrogen-bond acceptors (Lipinski definition) is 4. The monoisotopic (exact) mass is 237 g/mol. The Morgan fingerprint density at radius 3 is 3.00 bits per heavy atom. The van der Waals surface area contributed by atoms with E-state index in [9.17, 15) is 4.79 Å². The number of esters is 1. The molecule has 1 aliphatic carbocycles. The standard InChI is InChI=1S/C12H19N3O2/c1-17-11(16)6-8(7-13)12-9-4-2-3-5-10(9)14-15-12/h8H,2-7,13H2,1H3,(H,14,15). The minimum atomic E-state index is -0.229. The minimum Gasteiger partial charge on any atom is -0.469 e. The Bertz CT molecular complexity index is 400. The summed E-state index contributed by atoms with van der Waals surface area (Å²) in [5.74, 6) is -0.256. The Balaban J connectivity index is 2.19. The number of nitrogens with one attached hydrogen (secondary N) is 1. The molecular weight excluding hydrogens is 218 g/mol. The molecule has 0 fully saturated rings. The quantitative estimate of drug-likeness (QED) is 0.762. The molecule has 0 amide bonds. The molecular formula is C12H19N3O2. The molecule has 5 nitrogen and oxygen atoms in total. The third-order valence-corrected chi connectivity index (χ3v) is 3.40. The van der Waals surface area contributed by atoms with Crippen LogP contribution in [-0.4, -0.2) is 29.8 Å². The normalized spacial score (nSPS) is 16.4. The lowest BCUT2D eigenvalue weighted by Crippen LogP contribution is -2.19. The predicted molar refractivity (Wildman–Crippen MR) is 63.7 cm³/mol. The van der Waals surface area contributed by atoms with Gasteiger partial charge in [0, 0.05) is 18.2 Å². The molecule has 0 spiro atoms. The van der Waals surface area contributed by atoms with Crippen LogP contribution in [0.15, 0.2) is 0 Å². The Labute approximate surface area is 101 Å². The summed E-state index contributed by atoms with van der Waals surface area (Å²) in [4.78, 5) is 11.3. The zero-order valence-corrected chi connectivity index (χ0v) is 10.2. The molecule has 1 atom stereocenters. The van der Waals surface area contributed by atoms with Crippen LogP contribution < -0.4 is 5.73 Å². The second-order valence-electron chi connectivity index (χ2n) is 4.49. The molecule has 0 aliphatic heterocycles. The highest BCUT2D eigenvalue weighted by molar-refractivity contribution is 5.70. The van der Waals surface area contributed by atoms with Gasteiger partial charge in [0.05, 0.1) is 19.2 Å². The van der Waals surface area contributed by atoms with Gasteiger partial charge >= 0.3 is 5.97 Å². The number of methoxy groups -OCH3 is 1. The van der Waals surface area contributed by atoms with Gasteiger partial charge in [0.2, 0.25) is 0 Å². The Kier molecular flexibility index (Phi) is 3.78. The number of rotatable bonds is 4. The van der Waals surface area contributed by atoms with Gasteiger partial charge in [-0.2, -0.15) is 5.10 Å². The largest absolute Gasteiger partial charge is 0.469 e. The first-order chi connectivity index (χ1) is 8.26. The van der Waals surface area contributed by atoms with Gasteiger partial charge in [0.25, 0.3) is 0 Å². The smallest absolute Gasteiger partial charge is 0.306 e. The Hall–Kier alpha value is -1.36. The van der Waals surface area contributed by atoms with Crippen molar-refractivity contribution in [3.05, 3.63) is 17.0 Å². The van der Waals surface area contributed by atoms with Gasteiger partial charge in [-0.05, 0) is 31.2 Å². The average Bonchev–Trinajstić information content (AvgIpc) is 2.79. The molecule has 1 aromatic heterocycles. The number of fused-ring (bicyclic) bond motifs is 1. The van der Waals surface area contributed by atoms with Gasteiger partial charge in [-0.25, -0.2) is 0 Å². The van der Waals surface area contributed by atoms with Gasteiger partial charge < -0.3 is 10.5 Å². The summed E-state index contributed by atoms with van der Waals surface area (Å²) >= 11 is 0. The van der Waals surface area contributed by atoms with Crippen LogP contribution >= 0.6 is 0 Å². The maximum Gasteiger partial charge on any atom is 0.306 e. The molecule has 1 aromatic rings. The molecule has 0 bridgehead atoms. The molecule has 0 aromatic carbocycles. The fraction of sp³-hybridized carbons (Fsp3) is 0.667. The van der Waals surface area contributed by atoms with Crippen LogP contribution in [-0.2, 0) is 22.4 Å². The lowest BCUT2D eigenvalue weighted by atomic mass is 9.90. The fourth-order valence-electron chi connectivity index (χ4n) is 2.42. The van der Waals surface area contributed by atoms with Crippen molar-refractivity contribution in [1.29, 1.82) is 0 Å². The second-order valence-corrected chi connectivity index (χ2v) is 4.49. The number of aryl methyl sites for hydroxylation is 1. The molecule has 1 aliphatic rings. The van der Waals surface area contributed by atoms with Crippen molar-refractivity contribution in [2.45, 2.75) is 38.0 Å². The van der Waals surface area contributed by atoms with E-state index >= 15 is 0 Å². The molecule has 1 heterocycles. The van der Waals surface area contributed by atoms with E-state index in [-0.39, 0.29) is 11.9 Å². The van der Waals surface area contributed by atoms with E-state index in [1.807, 2.05) is 0 Å². The van der Waals surface area contributed by atoms with Crippen LogP contribution in [0.5, 0.6) is 0 Å². The van der Waals surface area contributed by atoms with E-state index in [2.05, 4.69) is 10.2 Å². The number of carbonyl (C=O) groups is 1. The zero-order chi connectivity index (χ0) is 12.3. The summed E-state index contributed by atoms with van der Waals surface area (Å²) in [6.45, 7) is 0.423. The molecule has 0 saturated heterocycles. The van der Waals surface area contributed by atoms with E-state index in [0.717, 1.165) is 18.5 Å². The van der Waals surface area contributed by atoms with Crippen molar-refractivity contribution >= 4 is 5.97 Å². The first-order valence-corrected chi connectivity index (χ1v) is 6.09. The molecule has 0 radical (unpaired) electrons. The maximum absolute atomic E-state index is 11.3. The third kappa shape index (κ3) is 2.49. The molecule has 2 rings (SSSR count). The van der Waals surface area contributed by atoms with Gasteiger partial charge in [-0.15, -0.1) is 0 Å². The number of carbonyl (C=O) groups excluding carboxylic acids is 1. The van der Waals surface area contributed by atoms with E-state index in [4.69, 9.17) is 10.5 Å². The SMILES string of the molecule is COC(=O)CC(CN)c1n[nH]c2c1CCCC2. The molecule has 3 N–H and O–H groups in total. The van der Waals surface area contributed by atoms with Crippen LogP contribution in [0.1, 0.15) is 42.1 Å². The molecule has 1 unspecified atom stereocenters. The summed E-state index contributed by atoms with van der Waals surface area (Å²) in [6, 6.07) is 0. The first kappa shape index (κ1) is 12.1. The molecule has 5 heteroatoms. The van der Waals surface area contributed by atoms with Gasteiger partial charge in [0.15, 0.2) is 0 Å². The van der Waals surface area contributed by atoms with E-state index in [1.165, 1.54) is 31.2 Å². The number of aromatic nitrogens is 2. The van der Waals surface area contributed by atoms with Crippen molar-refractivity contribution < 1.29 is 9.53 Å². The Morgan fingerprint density at radius 2 is 2.29 bits per heavy atom. The first-order valence-electron chi connectivity index (χ1n) is 6.09. The number of nitrogens with two attached hydrogens (primary N) is 1. The fourth-order valence-corrected chi connectivity index (χ4v) is 2.42. The minimum absolute atomic E-state index is 0.0273. The van der Waals surface area contributed by atoms with Crippen LogP contribution in [0.4, 0.5) is 0 Å². The van der Waals surface area contributed by atoms with E-state index in [1.54, 1.807) is 0 Å². The van der Waals surface area contributed by atoms with Gasteiger partial charge in [0.1, 0.15) is 0 Å². The van der Waals surface area contributed by atoms with Crippen LogP contribution in [0, 0.1) is 0 Å². The number of nitrogens with zero attached hydrogens (tertiary/aromatic N) is 1. The summed E-state index contributed by atoms with van der Waals surface area (Å²) in [7, 11) is 1.40. The van der Waals surface area contributed by atoms with Crippen molar-refractivity contribution in [3.8, 4) is 0 Å². The third-order valence-electron chi connectivity index (χ3n) is 3.40. The van der Waals surface area contributed by atoms with E-state index in [0.29, 0.717) is 13.0 Å². The number of ether oxygens (including phenoxy) is 1. The summed E-state index contributed by atoms with van der Waals surface area (Å²) in [5.41, 5.74) is 9.19. The van der Waals surface area contributed by atoms with Crippen molar-refractivity contribution in [3.63, 3.8) is 0 Å². The number of aromatic amines is 1. The van der Waals surface area contributed by atoms with Crippen molar-refractivity contribution in [1.82, 2.24) is 10.2 Å². The topological polar surface area (TPSA) is 81.0 Å². The zero-order valence-electron chi connectivity index (χ0n) is 10.2. The Morgan fingerprint density at radius 1 is 1.53 bits per heavy atom.